The third-order valence-electron chi connectivity index (χ3n) is 3.50. The summed E-state index contributed by atoms with van der Waals surface area (Å²) in [6, 6.07) is 16.7. The van der Waals surface area contributed by atoms with E-state index >= 15 is 0 Å². The standard InChI is InChI=1S/C17H12N2S/c1-11-8-9-18-14-7-6-12(10-13(11)14)17-19-15-4-2-3-5-16(15)20-17/h2-10H,1H3. The van der Waals surface area contributed by atoms with Gasteiger partial charge in [-0.25, -0.2) is 4.98 Å². The van der Waals surface area contributed by atoms with Gasteiger partial charge in [0.05, 0.1) is 15.7 Å². The first-order chi connectivity index (χ1) is 9.81. The Labute approximate surface area is 120 Å². The highest BCUT2D eigenvalue weighted by Crippen LogP contribution is 2.31. The van der Waals surface area contributed by atoms with E-state index in [9.17, 15) is 0 Å². The molecule has 0 radical (unpaired) electrons. The van der Waals surface area contributed by atoms with Crippen molar-refractivity contribution in [3.05, 3.63) is 60.3 Å². The van der Waals surface area contributed by atoms with Gasteiger partial charge in [-0.3, -0.25) is 4.98 Å². The summed E-state index contributed by atoms with van der Waals surface area (Å²) in [5.41, 5.74) is 4.51. The molecule has 0 aliphatic rings. The second-order valence-corrected chi connectivity index (χ2v) is 5.88. The SMILES string of the molecule is Cc1ccnc2ccc(-c3nc4ccccc4s3)cc12. The average Bonchev–Trinajstić information content (AvgIpc) is 2.91. The van der Waals surface area contributed by atoms with E-state index in [-0.39, 0.29) is 0 Å². The first-order valence-electron chi connectivity index (χ1n) is 6.52. The second-order valence-electron chi connectivity index (χ2n) is 4.85. The molecule has 2 heterocycles. The highest BCUT2D eigenvalue weighted by Gasteiger charge is 2.07. The fourth-order valence-electron chi connectivity index (χ4n) is 2.41. The lowest BCUT2D eigenvalue weighted by Crippen LogP contribution is -1.84. The summed E-state index contributed by atoms with van der Waals surface area (Å²) in [4.78, 5) is 9.12. The van der Waals surface area contributed by atoms with Gasteiger partial charge in [0.15, 0.2) is 0 Å². The van der Waals surface area contributed by atoms with Gasteiger partial charge >= 0.3 is 0 Å². The zero-order valence-corrected chi connectivity index (χ0v) is 11.8. The molecule has 2 aromatic heterocycles. The number of hydrogen-bond donors (Lipinski definition) is 0. The van der Waals surface area contributed by atoms with E-state index in [0.717, 1.165) is 21.6 Å². The van der Waals surface area contributed by atoms with Gasteiger partial charge in [-0.1, -0.05) is 12.1 Å². The van der Waals surface area contributed by atoms with Crippen LogP contribution in [0.1, 0.15) is 5.56 Å². The van der Waals surface area contributed by atoms with E-state index in [4.69, 9.17) is 4.98 Å². The molecule has 96 valence electrons. The summed E-state index contributed by atoms with van der Waals surface area (Å²) in [7, 11) is 0. The fourth-order valence-corrected chi connectivity index (χ4v) is 3.37. The molecule has 2 nitrogen and oxygen atoms in total. The molecular formula is C17H12N2S. The number of benzene rings is 2. The molecule has 0 aliphatic heterocycles. The third kappa shape index (κ3) is 1.79. The van der Waals surface area contributed by atoms with Crippen LogP contribution >= 0.6 is 11.3 Å². The first kappa shape index (κ1) is 11.6. The minimum absolute atomic E-state index is 1.04. The van der Waals surface area contributed by atoms with Crippen molar-refractivity contribution >= 4 is 32.5 Å². The summed E-state index contributed by atoms with van der Waals surface area (Å²) in [5.74, 6) is 0. The maximum absolute atomic E-state index is 4.72. The molecule has 0 atom stereocenters. The monoisotopic (exact) mass is 276 g/mol. The fraction of sp³-hybridized carbons (Fsp3) is 0.0588. The number of pyridine rings is 1. The van der Waals surface area contributed by atoms with Gasteiger partial charge in [0, 0.05) is 17.1 Å². The van der Waals surface area contributed by atoms with Crippen molar-refractivity contribution in [3.63, 3.8) is 0 Å². The molecule has 0 bridgehead atoms. The van der Waals surface area contributed by atoms with E-state index < -0.39 is 0 Å². The van der Waals surface area contributed by atoms with Crippen molar-refractivity contribution < 1.29 is 0 Å². The van der Waals surface area contributed by atoms with E-state index in [1.165, 1.54) is 15.6 Å². The van der Waals surface area contributed by atoms with Crippen molar-refractivity contribution in [1.82, 2.24) is 9.97 Å². The van der Waals surface area contributed by atoms with Crippen LogP contribution in [0.15, 0.2) is 54.7 Å². The number of para-hydroxylation sites is 1. The molecule has 0 fully saturated rings. The Morgan fingerprint density at radius 2 is 1.85 bits per heavy atom. The normalized spacial score (nSPS) is 11.2. The Balaban J connectivity index is 1.95. The smallest absolute Gasteiger partial charge is 0.124 e. The van der Waals surface area contributed by atoms with Crippen molar-refractivity contribution in [2.75, 3.05) is 0 Å². The van der Waals surface area contributed by atoms with Crippen LogP contribution in [0.5, 0.6) is 0 Å². The molecule has 0 unspecified atom stereocenters. The van der Waals surface area contributed by atoms with Crippen molar-refractivity contribution in [1.29, 1.82) is 0 Å². The summed E-state index contributed by atoms with van der Waals surface area (Å²) in [5, 5.41) is 2.26. The largest absolute Gasteiger partial charge is 0.256 e. The maximum atomic E-state index is 4.72. The number of thiazole rings is 1. The molecule has 0 N–H and O–H groups in total. The number of hydrogen-bond acceptors (Lipinski definition) is 3. The van der Waals surface area contributed by atoms with Crippen LogP contribution in [0.3, 0.4) is 0 Å². The maximum Gasteiger partial charge on any atom is 0.124 e. The van der Waals surface area contributed by atoms with Crippen LogP contribution < -0.4 is 0 Å². The third-order valence-corrected chi connectivity index (χ3v) is 4.59. The van der Waals surface area contributed by atoms with E-state index in [1.807, 2.05) is 18.3 Å². The molecule has 20 heavy (non-hydrogen) atoms. The first-order valence-corrected chi connectivity index (χ1v) is 7.34. The van der Waals surface area contributed by atoms with Gasteiger partial charge in [-0.05, 0) is 48.9 Å². The van der Waals surface area contributed by atoms with Crippen molar-refractivity contribution in [2.45, 2.75) is 6.92 Å². The second kappa shape index (κ2) is 4.39. The Morgan fingerprint density at radius 3 is 2.75 bits per heavy atom. The number of nitrogens with zero attached hydrogens (tertiary/aromatic N) is 2. The lowest BCUT2D eigenvalue weighted by atomic mass is 10.1. The Morgan fingerprint density at radius 1 is 0.950 bits per heavy atom. The predicted molar refractivity (Wildman–Crippen MR) is 85.1 cm³/mol. The van der Waals surface area contributed by atoms with Crippen molar-refractivity contribution in [3.8, 4) is 10.6 Å². The lowest BCUT2D eigenvalue weighted by Gasteiger charge is -2.03. The molecule has 0 saturated carbocycles. The van der Waals surface area contributed by atoms with Crippen LogP contribution in [0, 0.1) is 6.92 Å². The number of aromatic nitrogens is 2. The molecule has 0 spiro atoms. The van der Waals surface area contributed by atoms with Gasteiger partial charge < -0.3 is 0 Å². The molecule has 0 aliphatic carbocycles. The zero-order valence-electron chi connectivity index (χ0n) is 11.0. The minimum atomic E-state index is 1.04. The van der Waals surface area contributed by atoms with Crippen LogP contribution in [0.25, 0.3) is 31.7 Å². The van der Waals surface area contributed by atoms with E-state index in [1.54, 1.807) is 11.3 Å². The minimum Gasteiger partial charge on any atom is -0.256 e. The summed E-state index contributed by atoms with van der Waals surface area (Å²) >= 11 is 1.73. The Bertz CT molecular complexity index is 891. The number of fused-ring (bicyclic) bond motifs is 2. The number of aryl methyl sites for hydroxylation is 1. The van der Waals surface area contributed by atoms with Crippen LogP contribution in [0.4, 0.5) is 0 Å². The lowest BCUT2D eigenvalue weighted by molar-refractivity contribution is 1.37. The molecule has 3 heteroatoms. The van der Waals surface area contributed by atoms with Crippen LogP contribution in [0.2, 0.25) is 0 Å². The summed E-state index contributed by atoms with van der Waals surface area (Å²) in [6.45, 7) is 2.12. The van der Waals surface area contributed by atoms with Gasteiger partial charge in [0.25, 0.3) is 0 Å². The van der Waals surface area contributed by atoms with E-state index in [2.05, 4.69) is 48.3 Å². The van der Waals surface area contributed by atoms with Gasteiger partial charge in [-0.2, -0.15) is 0 Å². The molecular weight excluding hydrogens is 264 g/mol. The van der Waals surface area contributed by atoms with Gasteiger partial charge in [0.1, 0.15) is 5.01 Å². The molecule has 2 aromatic carbocycles. The highest BCUT2D eigenvalue weighted by atomic mass is 32.1. The predicted octanol–water partition coefficient (Wildman–Crippen LogP) is 4.82. The number of rotatable bonds is 1. The summed E-state index contributed by atoms with van der Waals surface area (Å²) < 4.78 is 1.23. The average molecular weight is 276 g/mol. The molecule has 0 saturated heterocycles. The van der Waals surface area contributed by atoms with Crippen LogP contribution in [-0.2, 0) is 0 Å². The van der Waals surface area contributed by atoms with Gasteiger partial charge in [0.2, 0.25) is 0 Å². The van der Waals surface area contributed by atoms with Crippen LogP contribution in [-0.4, -0.2) is 9.97 Å². The molecule has 4 aromatic rings. The Hall–Kier alpha value is -2.26. The summed E-state index contributed by atoms with van der Waals surface area (Å²) in [6.07, 6.45) is 1.86. The zero-order chi connectivity index (χ0) is 13.5. The molecule has 4 rings (SSSR count). The van der Waals surface area contributed by atoms with E-state index in [0.29, 0.717) is 0 Å². The Kier molecular flexibility index (Phi) is 2.54. The quantitative estimate of drug-likeness (QED) is 0.498. The van der Waals surface area contributed by atoms with Gasteiger partial charge in [-0.15, -0.1) is 11.3 Å². The topological polar surface area (TPSA) is 25.8 Å². The molecule has 0 amide bonds. The highest BCUT2D eigenvalue weighted by molar-refractivity contribution is 7.21. The van der Waals surface area contributed by atoms with Crippen molar-refractivity contribution in [2.24, 2.45) is 0 Å².